The molecule has 6 heteroatoms. The minimum Gasteiger partial charge on any atom is -0.481 e. The van der Waals surface area contributed by atoms with Crippen LogP contribution in [0.5, 0.6) is 0 Å². The van der Waals surface area contributed by atoms with Gasteiger partial charge in [-0.2, -0.15) is 10.2 Å². The fourth-order valence-corrected chi connectivity index (χ4v) is 1.67. The van der Waals surface area contributed by atoms with E-state index in [0.717, 1.165) is 5.69 Å². The van der Waals surface area contributed by atoms with Crippen LogP contribution in [0.1, 0.15) is 12.8 Å². The van der Waals surface area contributed by atoms with Gasteiger partial charge in [0.2, 0.25) is 5.91 Å². The van der Waals surface area contributed by atoms with Gasteiger partial charge >= 0.3 is 5.97 Å². The van der Waals surface area contributed by atoms with Gasteiger partial charge in [0.1, 0.15) is 0 Å². The van der Waals surface area contributed by atoms with Gasteiger partial charge < -0.3 is 10.4 Å². The van der Waals surface area contributed by atoms with Crippen LogP contribution in [0.3, 0.4) is 0 Å². The highest BCUT2D eigenvalue weighted by atomic mass is 16.4. The van der Waals surface area contributed by atoms with Crippen LogP contribution in [0.2, 0.25) is 0 Å². The summed E-state index contributed by atoms with van der Waals surface area (Å²) in [5.41, 5.74) is 2.01. The van der Waals surface area contributed by atoms with Gasteiger partial charge in [-0.25, -0.2) is 0 Å². The third-order valence-corrected chi connectivity index (χ3v) is 2.75. The second-order valence-corrected chi connectivity index (χ2v) is 4.52. The highest BCUT2D eigenvalue weighted by Crippen LogP contribution is 2.20. The molecule has 0 saturated carbocycles. The summed E-state index contributed by atoms with van der Waals surface area (Å²) in [7, 11) is 0. The molecule has 0 aromatic heterocycles. The zero-order valence-corrected chi connectivity index (χ0v) is 11.8. The van der Waals surface area contributed by atoms with Gasteiger partial charge in [0.05, 0.1) is 17.8 Å². The maximum absolute atomic E-state index is 11.5. The van der Waals surface area contributed by atoms with Gasteiger partial charge in [0.25, 0.3) is 0 Å². The van der Waals surface area contributed by atoms with Crippen LogP contribution in [0.4, 0.5) is 17.1 Å². The van der Waals surface area contributed by atoms with Gasteiger partial charge in [-0.05, 0) is 36.4 Å². The lowest BCUT2D eigenvalue weighted by atomic mass is 10.2. The minimum absolute atomic E-state index is 0.0508. The fourth-order valence-electron chi connectivity index (χ4n) is 1.67. The van der Waals surface area contributed by atoms with E-state index in [1.165, 1.54) is 0 Å². The minimum atomic E-state index is -0.994. The molecule has 0 saturated heterocycles. The molecule has 0 bridgehead atoms. The molecular formula is C16H15N3O3. The lowest BCUT2D eigenvalue weighted by Crippen LogP contribution is -2.12. The highest BCUT2D eigenvalue weighted by molar-refractivity contribution is 5.92. The Morgan fingerprint density at radius 2 is 1.45 bits per heavy atom. The predicted octanol–water partition coefficient (Wildman–Crippen LogP) is 3.91. The lowest BCUT2D eigenvalue weighted by Gasteiger charge is -2.04. The zero-order chi connectivity index (χ0) is 15.8. The van der Waals surface area contributed by atoms with E-state index in [2.05, 4.69) is 15.5 Å². The molecule has 0 spiro atoms. The molecule has 0 aliphatic rings. The van der Waals surface area contributed by atoms with E-state index >= 15 is 0 Å². The van der Waals surface area contributed by atoms with Gasteiger partial charge in [-0.15, -0.1) is 0 Å². The number of carbonyl (C=O) groups is 2. The second kappa shape index (κ2) is 7.68. The largest absolute Gasteiger partial charge is 0.481 e. The lowest BCUT2D eigenvalue weighted by molar-refractivity contribution is -0.138. The number of azo groups is 1. The van der Waals surface area contributed by atoms with Crippen molar-refractivity contribution in [3.8, 4) is 0 Å². The standard InChI is InChI=1S/C16H15N3O3/c20-15(10-11-16(21)22)17-12-6-8-14(9-7-12)19-18-13-4-2-1-3-5-13/h1-9H,10-11H2,(H,17,20)(H,21,22). The molecule has 6 nitrogen and oxygen atoms in total. The van der Waals surface area contributed by atoms with E-state index in [9.17, 15) is 9.59 Å². The molecule has 0 heterocycles. The molecule has 2 aromatic carbocycles. The fraction of sp³-hybridized carbons (Fsp3) is 0.125. The van der Waals surface area contributed by atoms with Crippen LogP contribution in [0.25, 0.3) is 0 Å². The number of hydrogen-bond acceptors (Lipinski definition) is 4. The molecular weight excluding hydrogens is 282 g/mol. The Kier molecular flexibility index (Phi) is 5.37. The van der Waals surface area contributed by atoms with E-state index in [0.29, 0.717) is 11.4 Å². The van der Waals surface area contributed by atoms with Crippen LogP contribution in [0, 0.1) is 0 Å². The second-order valence-electron chi connectivity index (χ2n) is 4.52. The summed E-state index contributed by atoms with van der Waals surface area (Å²) >= 11 is 0. The van der Waals surface area contributed by atoms with Crippen molar-refractivity contribution in [3.05, 3.63) is 54.6 Å². The van der Waals surface area contributed by atoms with Crippen LogP contribution in [-0.4, -0.2) is 17.0 Å². The number of hydrogen-bond donors (Lipinski definition) is 2. The highest BCUT2D eigenvalue weighted by Gasteiger charge is 2.05. The topological polar surface area (TPSA) is 91.1 Å². The number of aliphatic carboxylic acids is 1. The summed E-state index contributed by atoms with van der Waals surface area (Å²) in [5.74, 6) is -1.33. The van der Waals surface area contributed by atoms with Crippen LogP contribution < -0.4 is 5.32 Å². The summed E-state index contributed by atoms with van der Waals surface area (Å²) < 4.78 is 0. The molecule has 0 radical (unpaired) electrons. The number of carboxylic acid groups (broad SMARTS) is 1. The van der Waals surface area contributed by atoms with Crippen molar-refractivity contribution in [2.45, 2.75) is 12.8 Å². The average Bonchev–Trinajstić information content (AvgIpc) is 2.53. The van der Waals surface area contributed by atoms with E-state index in [1.807, 2.05) is 30.3 Å². The Morgan fingerprint density at radius 1 is 0.864 bits per heavy atom. The SMILES string of the molecule is O=C(O)CCC(=O)Nc1ccc(N=Nc2ccccc2)cc1. The van der Waals surface area contributed by atoms with Crippen molar-refractivity contribution < 1.29 is 14.7 Å². The Hall–Kier alpha value is -3.02. The van der Waals surface area contributed by atoms with Crippen molar-refractivity contribution in [1.29, 1.82) is 0 Å². The first kappa shape index (κ1) is 15.4. The third-order valence-electron chi connectivity index (χ3n) is 2.75. The Morgan fingerprint density at radius 3 is 2.05 bits per heavy atom. The first-order chi connectivity index (χ1) is 10.6. The maximum Gasteiger partial charge on any atom is 0.303 e. The summed E-state index contributed by atoms with van der Waals surface area (Å²) in [5, 5.41) is 19.3. The Labute approximate surface area is 127 Å². The molecule has 2 N–H and O–H groups in total. The average molecular weight is 297 g/mol. The Balaban J connectivity index is 1.91. The monoisotopic (exact) mass is 297 g/mol. The molecule has 0 fully saturated rings. The molecule has 0 aliphatic heterocycles. The number of nitrogens with one attached hydrogen (secondary N) is 1. The number of amides is 1. The predicted molar refractivity (Wildman–Crippen MR) is 82.6 cm³/mol. The number of benzene rings is 2. The van der Waals surface area contributed by atoms with Crippen LogP contribution in [0.15, 0.2) is 64.8 Å². The van der Waals surface area contributed by atoms with Gasteiger partial charge in [-0.3, -0.25) is 9.59 Å². The van der Waals surface area contributed by atoms with E-state index < -0.39 is 5.97 Å². The maximum atomic E-state index is 11.5. The van der Waals surface area contributed by atoms with Gasteiger partial charge in [-0.1, -0.05) is 18.2 Å². The molecule has 1 amide bonds. The molecule has 22 heavy (non-hydrogen) atoms. The molecule has 0 unspecified atom stereocenters. The normalized spacial score (nSPS) is 10.5. The number of carboxylic acids is 1. The van der Waals surface area contributed by atoms with Crippen molar-refractivity contribution in [3.63, 3.8) is 0 Å². The van der Waals surface area contributed by atoms with E-state index in [4.69, 9.17) is 5.11 Å². The van der Waals surface area contributed by atoms with Gasteiger partial charge in [0, 0.05) is 12.1 Å². The number of carbonyl (C=O) groups excluding carboxylic acids is 1. The van der Waals surface area contributed by atoms with Crippen molar-refractivity contribution in [1.82, 2.24) is 0 Å². The molecule has 112 valence electrons. The van der Waals surface area contributed by atoms with Crippen molar-refractivity contribution >= 4 is 28.9 Å². The van der Waals surface area contributed by atoms with E-state index in [-0.39, 0.29) is 18.7 Å². The van der Waals surface area contributed by atoms with E-state index in [1.54, 1.807) is 24.3 Å². The first-order valence-corrected chi connectivity index (χ1v) is 6.72. The van der Waals surface area contributed by atoms with Crippen molar-refractivity contribution in [2.75, 3.05) is 5.32 Å². The molecule has 0 atom stereocenters. The smallest absolute Gasteiger partial charge is 0.303 e. The molecule has 2 aromatic rings. The summed E-state index contributed by atoms with van der Waals surface area (Å²) in [6.07, 6.45) is -0.236. The quantitative estimate of drug-likeness (QED) is 0.792. The Bertz CT molecular complexity index is 667. The first-order valence-electron chi connectivity index (χ1n) is 6.72. The number of rotatable bonds is 6. The van der Waals surface area contributed by atoms with Crippen LogP contribution >= 0.6 is 0 Å². The molecule has 2 rings (SSSR count). The zero-order valence-electron chi connectivity index (χ0n) is 11.8. The molecule has 0 aliphatic carbocycles. The van der Waals surface area contributed by atoms with Crippen molar-refractivity contribution in [2.24, 2.45) is 10.2 Å². The number of anilines is 1. The van der Waals surface area contributed by atoms with Gasteiger partial charge in [0.15, 0.2) is 0 Å². The summed E-state index contributed by atoms with van der Waals surface area (Å²) in [6, 6.07) is 16.2. The summed E-state index contributed by atoms with van der Waals surface area (Å²) in [6.45, 7) is 0. The third kappa shape index (κ3) is 5.16. The van der Waals surface area contributed by atoms with Crippen LogP contribution in [-0.2, 0) is 9.59 Å². The summed E-state index contributed by atoms with van der Waals surface area (Å²) in [4.78, 5) is 21.9. The number of nitrogens with zero attached hydrogens (tertiary/aromatic N) is 2.